The van der Waals surface area contributed by atoms with Gasteiger partial charge in [0.2, 0.25) is 0 Å². The molecular formula is C2H5FNO3P. The number of halogens is 1. The average molecular weight is 141 g/mol. The molecule has 0 saturated heterocycles. The molecule has 0 amide bonds. The Kier molecular flexibility index (Phi) is 2.01. The third kappa shape index (κ3) is 5.46. The van der Waals surface area contributed by atoms with E-state index in [-0.39, 0.29) is 0 Å². The molecule has 0 aliphatic rings. The van der Waals surface area contributed by atoms with Crippen LogP contribution >= 0.6 is 7.91 Å². The van der Waals surface area contributed by atoms with E-state index in [0.29, 0.717) is 0 Å². The zero-order valence-electron chi connectivity index (χ0n) is 3.87. The van der Waals surface area contributed by atoms with Gasteiger partial charge in [-0.05, 0) is 6.58 Å². The Balaban J connectivity index is 3.74. The Morgan fingerprint density at radius 1 is 2.00 bits per heavy atom. The van der Waals surface area contributed by atoms with Crippen molar-refractivity contribution in [3.63, 3.8) is 0 Å². The van der Waals surface area contributed by atoms with E-state index < -0.39 is 13.8 Å². The summed E-state index contributed by atoms with van der Waals surface area (Å²) >= 11 is 0. The fourth-order valence-electron chi connectivity index (χ4n) is 0.145. The summed E-state index contributed by atoms with van der Waals surface area (Å²) in [5.41, 5.74) is 4.59. The molecule has 0 aliphatic heterocycles. The van der Waals surface area contributed by atoms with Crippen LogP contribution in [0.3, 0.4) is 0 Å². The van der Waals surface area contributed by atoms with Gasteiger partial charge >= 0.3 is 7.91 Å². The molecule has 8 heavy (non-hydrogen) atoms. The molecule has 1 unspecified atom stereocenters. The molecule has 0 spiro atoms. The van der Waals surface area contributed by atoms with Crippen molar-refractivity contribution in [1.82, 2.24) is 0 Å². The highest BCUT2D eigenvalue weighted by Crippen LogP contribution is 2.44. The van der Waals surface area contributed by atoms with Crippen molar-refractivity contribution in [3.05, 3.63) is 12.5 Å². The summed E-state index contributed by atoms with van der Waals surface area (Å²) in [6, 6.07) is 0. The standard InChI is InChI=1S/C2H5FNO3P/c1-2(4)7-8(3,5)6/h1,4H2,(H,5,6). The Morgan fingerprint density at radius 3 is 2.38 bits per heavy atom. The second-order valence-electron chi connectivity index (χ2n) is 1.01. The molecule has 0 fully saturated rings. The molecule has 1 atom stereocenters. The largest absolute Gasteiger partial charge is 0.568 e. The zero-order chi connectivity index (χ0) is 6.78. The van der Waals surface area contributed by atoms with Crippen molar-refractivity contribution in [2.75, 3.05) is 0 Å². The first-order chi connectivity index (χ1) is 3.42. The van der Waals surface area contributed by atoms with Gasteiger partial charge in [0.25, 0.3) is 0 Å². The Labute approximate surface area is 45.4 Å². The number of hydrogen-bond donors (Lipinski definition) is 2. The van der Waals surface area contributed by atoms with Gasteiger partial charge < -0.3 is 10.3 Å². The second kappa shape index (κ2) is 2.15. The van der Waals surface area contributed by atoms with Gasteiger partial charge in [-0.15, -0.1) is 4.20 Å². The van der Waals surface area contributed by atoms with Gasteiger partial charge in [-0.1, -0.05) is 0 Å². The lowest BCUT2D eigenvalue weighted by molar-refractivity contribution is 0.280. The molecule has 0 radical (unpaired) electrons. The van der Waals surface area contributed by atoms with E-state index >= 15 is 0 Å². The minimum atomic E-state index is -4.95. The quantitative estimate of drug-likeness (QED) is 0.433. The Bertz CT molecular complexity index is 140. The van der Waals surface area contributed by atoms with Gasteiger partial charge in [0.05, 0.1) is 0 Å². The van der Waals surface area contributed by atoms with Gasteiger partial charge in [-0.25, -0.2) is 4.57 Å². The molecule has 3 N–H and O–H groups in total. The van der Waals surface area contributed by atoms with Gasteiger partial charge in [0.15, 0.2) is 5.88 Å². The first kappa shape index (κ1) is 7.46. The third-order valence-corrected chi connectivity index (χ3v) is 0.690. The molecule has 0 aromatic carbocycles. The van der Waals surface area contributed by atoms with Gasteiger partial charge in [-0.2, -0.15) is 0 Å². The van der Waals surface area contributed by atoms with E-state index in [1.54, 1.807) is 0 Å². The number of nitrogens with two attached hydrogens (primary N) is 1. The van der Waals surface area contributed by atoms with E-state index in [2.05, 4.69) is 16.8 Å². The van der Waals surface area contributed by atoms with Crippen molar-refractivity contribution in [2.45, 2.75) is 0 Å². The highest BCUT2D eigenvalue weighted by atomic mass is 31.2. The highest BCUT2D eigenvalue weighted by Gasteiger charge is 2.17. The second-order valence-corrected chi connectivity index (χ2v) is 2.09. The molecule has 0 aromatic heterocycles. The van der Waals surface area contributed by atoms with Crippen LogP contribution in [0.15, 0.2) is 12.5 Å². The summed E-state index contributed by atoms with van der Waals surface area (Å²) in [7, 11) is -4.95. The third-order valence-electron chi connectivity index (χ3n) is 0.230. The molecular weight excluding hydrogens is 136 g/mol. The fourth-order valence-corrected chi connectivity index (χ4v) is 0.434. The predicted molar refractivity (Wildman–Crippen MR) is 25.3 cm³/mol. The first-order valence-electron chi connectivity index (χ1n) is 1.58. The summed E-state index contributed by atoms with van der Waals surface area (Å²) in [5, 5.41) is 0. The average Bonchev–Trinajstić information content (AvgIpc) is 1.21. The van der Waals surface area contributed by atoms with E-state index in [0.717, 1.165) is 0 Å². The monoisotopic (exact) mass is 141 g/mol. The zero-order valence-corrected chi connectivity index (χ0v) is 4.77. The fraction of sp³-hybridized carbons (Fsp3) is 0. The first-order valence-corrected chi connectivity index (χ1v) is 3.05. The molecule has 48 valence electrons. The predicted octanol–water partition coefficient (Wildman–Crippen LogP) is 0.503. The number of rotatable bonds is 2. The van der Waals surface area contributed by atoms with Crippen LogP contribution in [0.1, 0.15) is 0 Å². The smallest absolute Gasteiger partial charge is 0.386 e. The van der Waals surface area contributed by atoms with Crippen molar-refractivity contribution < 1.29 is 18.2 Å². The molecule has 0 aromatic rings. The molecule has 0 saturated carbocycles. The van der Waals surface area contributed by atoms with E-state index in [9.17, 15) is 8.76 Å². The topological polar surface area (TPSA) is 72.5 Å². The Hall–Kier alpha value is -0.540. The van der Waals surface area contributed by atoms with Crippen molar-refractivity contribution in [2.24, 2.45) is 5.73 Å². The maximum absolute atomic E-state index is 11.4. The summed E-state index contributed by atoms with van der Waals surface area (Å²) in [6.07, 6.45) is 0. The molecule has 0 bridgehead atoms. The SMILES string of the molecule is C=C(N)OP(=O)(O)F. The van der Waals surface area contributed by atoms with E-state index in [4.69, 9.17) is 4.89 Å². The van der Waals surface area contributed by atoms with Crippen LogP contribution in [0.25, 0.3) is 0 Å². The van der Waals surface area contributed by atoms with E-state index in [1.165, 1.54) is 0 Å². The lowest BCUT2D eigenvalue weighted by atomic mass is 11.0. The lowest BCUT2D eigenvalue weighted by Gasteiger charge is -2.00. The van der Waals surface area contributed by atoms with Crippen LogP contribution in [0, 0.1) is 0 Å². The summed E-state index contributed by atoms with van der Waals surface area (Å²) < 4.78 is 24.4. The van der Waals surface area contributed by atoms with Crippen LogP contribution in [-0.2, 0) is 9.09 Å². The van der Waals surface area contributed by atoms with Gasteiger partial charge in [0.1, 0.15) is 0 Å². The molecule has 0 heterocycles. The van der Waals surface area contributed by atoms with Crippen molar-refractivity contribution >= 4 is 7.91 Å². The molecule has 6 heteroatoms. The minimum Gasteiger partial charge on any atom is -0.386 e. The summed E-state index contributed by atoms with van der Waals surface area (Å²) in [4.78, 5) is 7.71. The van der Waals surface area contributed by atoms with Crippen LogP contribution in [0.5, 0.6) is 0 Å². The van der Waals surface area contributed by atoms with Crippen LogP contribution < -0.4 is 5.73 Å². The summed E-state index contributed by atoms with van der Waals surface area (Å²) in [5.74, 6) is -0.613. The number of hydrogen-bond acceptors (Lipinski definition) is 3. The maximum atomic E-state index is 11.4. The Morgan fingerprint density at radius 2 is 2.38 bits per heavy atom. The van der Waals surface area contributed by atoms with Gasteiger partial charge in [0, 0.05) is 0 Å². The van der Waals surface area contributed by atoms with Crippen LogP contribution in [0.2, 0.25) is 0 Å². The molecule has 0 rings (SSSR count). The maximum Gasteiger partial charge on any atom is 0.568 e. The van der Waals surface area contributed by atoms with E-state index in [1.807, 2.05) is 0 Å². The lowest BCUT2D eigenvalue weighted by Crippen LogP contribution is -1.96. The van der Waals surface area contributed by atoms with Crippen molar-refractivity contribution in [1.29, 1.82) is 0 Å². The highest BCUT2D eigenvalue weighted by molar-refractivity contribution is 7.47. The normalized spacial score (nSPS) is 16.8. The minimum absolute atomic E-state index is 0.613. The van der Waals surface area contributed by atoms with Crippen molar-refractivity contribution in [3.8, 4) is 0 Å². The molecule has 4 nitrogen and oxygen atoms in total. The van der Waals surface area contributed by atoms with Gasteiger partial charge in [-0.3, -0.25) is 4.89 Å². The van der Waals surface area contributed by atoms with Crippen LogP contribution in [0.4, 0.5) is 4.20 Å². The molecule has 0 aliphatic carbocycles. The summed E-state index contributed by atoms with van der Waals surface area (Å²) in [6.45, 7) is 2.82. The van der Waals surface area contributed by atoms with Crippen LogP contribution in [-0.4, -0.2) is 4.89 Å².